The van der Waals surface area contributed by atoms with Gasteiger partial charge in [-0.3, -0.25) is 10.00 Å². The molecular formula is C21H17F3N6. The van der Waals surface area contributed by atoms with Crippen LogP contribution in [0.25, 0.3) is 22.2 Å². The Kier molecular flexibility index (Phi) is 4.39. The van der Waals surface area contributed by atoms with Gasteiger partial charge in [0.05, 0.1) is 30.1 Å². The highest BCUT2D eigenvalue weighted by atomic mass is 19.4. The number of alkyl halides is 3. The molecule has 6 nitrogen and oxygen atoms in total. The average molecular weight is 410 g/mol. The molecule has 0 aliphatic carbocycles. The zero-order valence-corrected chi connectivity index (χ0v) is 15.7. The van der Waals surface area contributed by atoms with Crippen LogP contribution in [0.1, 0.15) is 16.7 Å². The third-order valence-corrected chi connectivity index (χ3v) is 5.19. The van der Waals surface area contributed by atoms with Gasteiger partial charge in [-0.15, -0.1) is 0 Å². The second-order valence-electron chi connectivity index (χ2n) is 7.28. The van der Waals surface area contributed by atoms with E-state index in [-0.39, 0.29) is 0 Å². The molecular weight excluding hydrogens is 393 g/mol. The Morgan fingerprint density at radius 2 is 1.97 bits per heavy atom. The van der Waals surface area contributed by atoms with E-state index in [1.807, 2.05) is 12.1 Å². The Hall–Kier alpha value is -3.46. The SMILES string of the molecule is FC(F)(F)c1cccc(CN2CNc3cc4[nH]nc(-c5ccnnc5)c4cc3C2)c1. The van der Waals surface area contributed by atoms with Crippen molar-refractivity contribution in [3.8, 4) is 11.3 Å². The molecule has 30 heavy (non-hydrogen) atoms. The topological polar surface area (TPSA) is 69.7 Å². The van der Waals surface area contributed by atoms with Gasteiger partial charge in [0, 0.05) is 29.7 Å². The van der Waals surface area contributed by atoms with Gasteiger partial charge in [0.25, 0.3) is 0 Å². The van der Waals surface area contributed by atoms with E-state index in [4.69, 9.17) is 0 Å². The Bertz CT molecular complexity index is 1200. The number of rotatable bonds is 3. The monoisotopic (exact) mass is 410 g/mol. The molecule has 2 N–H and O–H groups in total. The van der Waals surface area contributed by atoms with Crippen molar-refractivity contribution >= 4 is 16.6 Å². The van der Waals surface area contributed by atoms with Crippen LogP contribution in [0.2, 0.25) is 0 Å². The summed E-state index contributed by atoms with van der Waals surface area (Å²) in [4.78, 5) is 2.07. The van der Waals surface area contributed by atoms with E-state index >= 15 is 0 Å². The maximum atomic E-state index is 13.0. The van der Waals surface area contributed by atoms with Crippen LogP contribution >= 0.6 is 0 Å². The zero-order chi connectivity index (χ0) is 20.7. The number of anilines is 1. The van der Waals surface area contributed by atoms with Gasteiger partial charge in [0.15, 0.2) is 0 Å². The summed E-state index contributed by atoms with van der Waals surface area (Å²) < 4.78 is 39.0. The molecule has 2 aromatic heterocycles. The number of aromatic nitrogens is 4. The third-order valence-electron chi connectivity index (χ3n) is 5.19. The first kappa shape index (κ1) is 18.6. The summed E-state index contributed by atoms with van der Waals surface area (Å²) in [5.74, 6) is 0. The molecule has 2 aromatic carbocycles. The van der Waals surface area contributed by atoms with Crippen LogP contribution in [0.15, 0.2) is 54.9 Å². The molecule has 3 heterocycles. The summed E-state index contributed by atoms with van der Waals surface area (Å²) in [6, 6.07) is 11.4. The lowest BCUT2D eigenvalue weighted by atomic mass is 10.0. The van der Waals surface area contributed by atoms with E-state index in [1.54, 1.807) is 18.5 Å². The van der Waals surface area contributed by atoms with Crippen molar-refractivity contribution in [2.75, 3.05) is 12.0 Å². The van der Waals surface area contributed by atoms with Gasteiger partial charge in [-0.25, -0.2) is 0 Å². The molecule has 1 aliphatic rings. The number of H-pyrrole nitrogens is 1. The minimum Gasteiger partial charge on any atom is -0.372 e. The van der Waals surface area contributed by atoms with Gasteiger partial charge in [0.2, 0.25) is 0 Å². The van der Waals surface area contributed by atoms with Crippen LogP contribution in [0, 0.1) is 0 Å². The number of nitrogens with zero attached hydrogens (tertiary/aromatic N) is 4. The molecule has 0 radical (unpaired) electrons. The maximum absolute atomic E-state index is 13.0. The number of halogens is 3. The van der Waals surface area contributed by atoms with Crippen LogP contribution < -0.4 is 5.32 Å². The largest absolute Gasteiger partial charge is 0.416 e. The number of hydrogen-bond acceptors (Lipinski definition) is 5. The van der Waals surface area contributed by atoms with Crippen molar-refractivity contribution in [3.63, 3.8) is 0 Å². The van der Waals surface area contributed by atoms with Crippen molar-refractivity contribution in [3.05, 3.63) is 71.5 Å². The van der Waals surface area contributed by atoms with Gasteiger partial charge in [-0.1, -0.05) is 18.2 Å². The fourth-order valence-corrected chi connectivity index (χ4v) is 3.77. The molecule has 5 rings (SSSR count). The number of benzene rings is 2. The molecule has 0 saturated heterocycles. The number of nitrogens with one attached hydrogen (secondary N) is 2. The molecule has 0 unspecified atom stereocenters. The van der Waals surface area contributed by atoms with Crippen LogP contribution in [0.4, 0.5) is 18.9 Å². The predicted molar refractivity (Wildman–Crippen MR) is 106 cm³/mol. The van der Waals surface area contributed by atoms with E-state index in [1.165, 1.54) is 12.1 Å². The molecule has 9 heteroatoms. The molecule has 1 aliphatic heterocycles. The minimum absolute atomic E-state index is 0.418. The first-order chi connectivity index (χ1) is 14.5. The van der Waals surface area contributed by atoms with Gasteiger partial charge in [-0.2, -0.15) is 28.5 Å². The summed E-state index contributed by atoms with van der Waals surface area (Å²) in [6.07, 6.45) is -1.06. The van der Waals surface area contributed by atoms with Crippen LogP contribution in [0.5, 0.6) is 0 Å². The van der Waals surface area contributed by atoms with E-state index < -0.39 is 11.7 Å². The third kappa shape index (κ3) is 3.48. The summed E-state index contributed by atoms with van der Waals surface area (Å²) in [5, 5.41) is 19.5. The van der Waals surface area contributed by atoms with Gasteiger partial charge in [-0.05, 0) is 35.4 Å². The smallest absolute Gasteiger partial charge is 0.372 e. The van der Waals surface area contributed by atoms with Gasteiger partial charge >= 0.3 is 6.18 Å². The first-order valence-corrected chi connectivity index (χ1v) is 9.38. The second kappa shape index (κ2) is 7.10. The quantitative estimate of drug-likeness (QED) is 0.523. The molecule has 0 bridgehead atoms. The number of hydrogen-bond donors (Lipinski definition) is 2. The highest BCUT2D eigenvalue weighted by Gasteiger charge is 2.30. The highest BCUT2D eigenvalue weighted by Crippen LogP contribution is 2.33. The maximum Gasteiger partial charge on any atom is 0.416 e. The Morgan fingerprint density at radius 3 is 2.77 bits per heavy atom. The molecule has 0 spiro atoms. The van der Waals surface area contributed by atoms with E-state index in [0.29, 0.717) is 25.3 Å². The summed E-state index contributed by atoms with van der Waals surface area (Å²) >= 11 is 0. The van der Waals surface area contributed by atoms with E-state index in [0.717, 1.165) is 39.5 Å². The molecule has 4 aromatic rings. The van der Waals surface area contributed by atoms with Crippen LogP contribution in [0.3, 0.4) is 0 Å². The van der Waals surface area contributed by atoms with Crippen molar-refractivity contribution in [2.45, 2.75) is 19.3 Å². The summed E-state index contributed by atoms with van der Waals surface area (Å²) in [5.41, 5.74) is 4.61. The normalized spacial score (nSPS) is 14.5. The van der Waals surface area contributed by atoms with Gasteiger partial charge in [0.1, 0.15) is 5.69 Å². The average Bonchev–Trinajstić information content (AvgIpc) is 3.15. The summed E-state index contributed by atoms with van der Waals surface area (Å²) in [6.45, 7) is 1.58. The fraction of sp³-hybridized carbons (Fsp3) is 0.190. The molecule has 0 amide bonds. The Labute approximate surface area is 169 Å². The highest BCUT2D eigenvalue weighted by molar-refractivity contribution is 5.95. The summed E-state index contributed by atoms with van der Waals surface area (Å²) in [7, 11) is 0. The number of aromatic amines is 1. The Balaban J connectivity index is 1.42. The van der Waals surface area contributed by atoms with Crippen molar-refractivity contribution in [1.82, 2.24) is 25.3 Å². The van der Waals surface area contributed by atoms with E-state index in [2.05, 4.69) is 36.7 Å². The lowest BCUT2D eigenvalue weighted by Crippen LogP contribution is -2.33. The first-order valence-electron chi connectivity index (χ1n) is 9.38. The molecule has 0 fully saturated rings. The fourth-order valence-electron chi connectivity index (χ4n) is 3.77. The minimum atomic E-state index is -4.34. The Morgan fingerprint density at radius 1 is 1.07 bits per heavy atom. The van der Waals surface area contributed by atoms with Crippen molar-refractivity contribution in [1.29, 1.82) is 0 Å². The second-order valence-corrected chi connectivity index (χ2v) is 7.28. The zero-order valence-electron chi connectivity index (χ0n) is 15.7. The van der Waals surface area contributed by atoms with Gasteiger partial charge < -0.3 is 5.32 Å². The predicted octanol–water partition coefficient (Wildman–Crippen LogP) is 4.42. The standard InChI is InChI=1S/C21H17F3N6/c22-21(23,24)16-3-1-2-13(6-16)10-30-11-15-7-17-19(8-18(15)25-12-30)28-29-20(17)14-4-5-26-27-9-14/h1-9,25H,10-12H2,(H,28,29). The molecule has 0 saturated carbocycles. The number of fused-ring (bicyclic) bond motifs is 2. The van der Waals surface area contributed by atoms with Crippen molar-refractivity contribution in [2.24, 2.45) is 0 Å². The lowest BCUT2D eigenvalue weighted by Gasteiger charge is -2.30. The van der Waals surface area contributed by atoms with Crippen molar-refractivity contribution < 1.29 is 13.2 Å². The van der Waals surface area contributed by atoms with Crippen LogP contribution in [-0.2, 0) is 19.3 Å². The van der Waals surface area contributed by atoms with E-state index in [9.17, 15) is 13.2 Å². The lowest BCUT2D eigenvalue weighted by molar-refractivity contribution is -0.137. The molecule has 152 valence electrons. The molecule has 0 atom stereocenters. The van der Waals surface area contributed by atoms with Crippen LogP contribution in [-0.4, -0.2) is 32.0 Å².